The highest BCUT2D eigenvalue weighted by Gasteiger charge is 2.28. The standard InChI is InChI=1S/C12H15F2NO4S/c1-2-5-15(6-7-16)20(18,19)11-4-3-10(13)9(8-17)12(11)14/h2-4,16-17H,1,5-8H2. The van der Waals surface area contributed by atoms with E-state index in [9.17, 15) is 17.2 Å². The third-order valence-corrected chi connectivity index (χ3v) is 4.49. The zero-order chi connectivity index (χ0) is 15.3. The fourth-order valence-electron chi connectivity index (χ4n) is 1.62. The molecule has 0 aliphatic heterocycles. The molecule has 1 aromatic rings. The van der Waals surface area contributed by atoms with Gasteiger partial charge >= 0.3 is 0 Å². The Kier molecular flexibility index (Phi) is 5.75. The maximum Gasteiger partial charge on any atom is 0.246 e. The van der Waals surface area contributed by atoms with Crippen LogP contribution in [0.5, 0.6) is 0 Å². The quantitative estimate of drug-likeness (QED) is 0.724. The third-order valence-electron chi connectivity index (χ3n) is 2.61. The van der Waals surface area contributed by atoms with Crippen LogP contribution in [0.4, 0.5) is 8.78 Å². The Morgan fingerprint density at radius 3 is 2.45 bits per heavy atom. The zero-order valence-corrected chi connectivity index (χ0v) is 11.4. The van der Waals surface area contributed by atoms with Crippen molar-refractivity contribution in [3.63, 3.8) is 0 Å². The molecule has 1 rings (SSSR count). The second-order valence-electron chi connectivity index (χ2n) is 3.87. The smallest absolute Gasteiger partial charge is 0.246 e. The van der Waals surface area contributed by atoms with Crippen LogP contribution in [0.1, 0.15) is 5.56 Å². The van der Waals surface area contributed by atoms with E-state index in [-0.39, 0.29) is 13.1 Å². The lowest BCUT2D eigenvalue weighted by atomic mass is 10.2. The second kappa shape index (κ2) is 6.89. The topological polar surface area (TPSA) is 77.8 Å². The number of hydrogen-bond acceptors (Lipinski definition) is 4. The van der Waals surface area contributed by atoms with Crippen LogP contribution < -0.4 is 0 Å². The Morgan fingerprint density at radius 2 is 1.95 bits per heavy atom. The van der Waals surface area contributed by atoms with E-state index >= 15 is 0 Å². The first-order valence-electron chi connectivity index (χ1n) is 5.69. The number of halogens is 2. The number of sulfonamides is 1. The minimum Gasteiger partial charge on any atom is -0.395 e. The van der Waals surface area contributed by atoms with Gasteiger partial charge in [0.25, 0.3) is 0 Å². The van der Waals surface area contributed by atoms with Crippen LogP contribution in [0.15, 0.2) is 29.7 Å². The van der Waals surface area contributed by atoms with Crippen molar-refractivity contribution in [2.45, 2.75) is 11.5 Å². The van der Waals surface area contributed by atoms with Crippen molar-refractivity contribution in [1.29, 1.82) is 0 Å². The highest BCUT2D eigenvalue weighted by atomic mass is 32.2. The molecule has 20 heavy (non-hydrogen) atoms. The van der Waals surface area contributed by atoms with Gasteiger partial charge in [0.05, 0.1) is 18.8 Å². The number of aliphatic hydroxyl groups is 2. The maximum absolute atomic E-state index is 14.0. The molecule has 8 heteroatoms. The molecule has 0 aliphatic carbocycles. The van der Waals surface area contributed by atoms with E-state index < -0.39 is 45.3 Å². The van der Waals surface area contributed by atoms with E-state index in [2.05, 4.69) is 6.58 Å². The summed E-state index contributed by atoms with van der Waals surface area (Å²) in [5.74, 6) is -2.36. The van der Waals surface area contributed by atoms with Gasteiger partial charge in [-0.25, -0.2) is 17.2 Å². The summed E-state index contributed by atoms with van der Waals surface area (Å²) in [6.07, 6.45) is 1.28. The highest BCUT2D eigenvalue weighted by Crippen LogP contribution is 2.24. The number of hydrogen-bond donors (Lipinski definition) is 2. The predicted octanol–water partition coefficient (Wildman–Crippen LogP) is 0.626. The first kappa shape index (κ1) is 16.7. The molecule has 0 spiro atoms. The fourth-order valence-corrected chi connectivity index (χ4v) is 3.12. The first-order chi connectivity index (χ1) is 9.39. The average Bonchev–Trinajstić information content (AvgIpc) is 2.38. The summed E-state index contributed by atoms with van der Waals surface area (Å²) in [7, 11) is -4.26. The summed E-state index contributed by atoms with van der Waals surface area (Å²) in [6, 6.07) is 1.55. The highest BCUT2D eigenvalue weighted by molar-refractivity contribution is 7.89. The fraction of sp³-hybridized carbons (Fsp3) is 0.333. The van der Waals surface area contributed by atoms with Gasteiger partial charge in [0.2, 0.25) is 10.0 Å². The van der Waals surface area contributed by atoms with Crippen molar-refractivity contribution >= 4 is 10.0 Å². The molecule has 0 atom stereocenters. The lowest BCUT2D eigenvalue weighted by Gasteiger charge is -2.20. The predicted molar refractivity (Wildman–Crippen MR) is 68.3 cm³/mol. The van der Waals surface area contributed by atoms with Crippen LogP contribution in [-0.2, 0) is 16.6 Å². The normalized spacial score (nSPS) is 11.8. The molecular weight excluding hydrogens is 292 g/mol. The van der Waals surface area contributed by atoms with Gasteiger partial charge in [-0.05, 0) is 12.1 Å². The molecule has 0 fully saturated rings. The van der Waals surface area contributed by atoms with E-state index in [1.165, 1.54) is 6.08 Å². The monoisotopic (exact) mass is 307 g/mol. The molecule has 0 radical (unpaired) electrons. The molecule has 0 saturated heterocycles. The Balaban J connectivity index is 3.37. The minimum atomic E-state index is -4.26. The first-order valence-corrected chi connectivity index (χ1v) is 7.13. The molecule has 0 heterocycles. The Bertz CT molecular complexity index is 589. The molecule has 0 aliphatic rings. The molecule has 0 saturated carbocycles. The largest absolute Gasteiger partial charge is 0.395 e. The van der Waals surface area contributed by atoms with Crippen LogP contribution in [-0.4, -0.2) is 42.6 Å². The van der Waals surface area contributed by atoms with Crippen LogP contribution >= 0.6 is 0 Å². The Hall–Kier alpha value is -1.35. The Labute approximate surface area is 115 Å². The second-order valence-corrected chi connectivity index (χ2v) is 5.78. The number of benzene rings is 1. The van der Waals surface area contributed by atoms with E-state index in [1.54, 1.807) is 0 Å². The molecule has 1 aromatic carbocycles. The van der Waals surface area contributed by atoms with E-state index in [0.29, 0.717) is 0 Å². The van der Waals surface area contributed by atoms with Crippen molar-refractivity contribution in [3.8, 4) is 0 Å². The van der Waals surface area contributed by atoms with E-state index in [0.717, 1.165) is 16.4 Å². The summed E-state index contributed by atoms with van der Waals surface area (Å²) in [6.45, 7) is 1.59. The van der Waals surface area contributed by atoms with Gasteiger partial charge in [0, 0.05) is 13.1 Å². The lowest BCUT2D eigenvalue weighted by Crippen LogP contribution is -2.34. The SMILES string of the molecule is C=CCN(CCO)S(=O)(=O)c1ccc(F)c(CO)c1F. The molecule has 5 nitrogen and oxygen atoms in total. The number of nitrogens with zero attached hydrogens (tertiary/aromatic N) is 1. The van der Waals surface area contributed by atoms with Crippen molar-refractivity contribution < 1.29 is 27.4 Å². The summed E-state index contributed by atoms with van der Waals surface area (Å²) in [5, 5.41) is 17.7. The van der Waals surface area contributed by atoms with Gasteiger partial charge in [-0.2, -0.15) is 4.31 Å². The summed E-state index contributed by atoms with van der Waals surface area (Å²) in [4.78, 5) is -0.752. The van der Waals surface area contributed by atoms with Crippen LogP contribution in [0.3, 0.4) is 0 Å². The maximum atomic E-state index is 14.0. The van der Waals surface area contributed by atoms with Gasteiger partial charge in [-0.1, -0.05) is 6.08 Å². The van der Waals surface area contributed by atoms with Gasteiger partial charge in [0.15, 0.2) is 5.82 Å². The third kappa shape index (κ3) is 3.21. The minimum absolute atomic E-state index is 0.131. The Morgan fingerprint density at radius 1 is 1.30 bits per heavy atom. The summed E-state index contributed by atoms with van der Waals surface area (Å²) < 4.78 is 52.5. The zero-order valence-electron chi connectivity index (χ0n) is 10.6. The molecule has 0 unspecified atom stereocenters. The lowest BCUT2D eigenvalue weighted by molar-refractivity contribution is 0.258. The summed E-state index contributed by atoms with van der Waals surface area (Å²) in [5.41, 5.74) is -0.714. The molecule has 112 valence electrons. The average molecular weight is 307 g/mol. The van der Waals surface area contributed by atoms with Gasteiger partial charge in [0.1, 0.15) is 10.7 Å². The van der Waals surface area contributed by atoms with Gasteiger partial charge < -0.3 is 10.2 Å². The molecule has 2 N–H and O–H groups in total. The van der Waals surface area contributed by atoms with E-state index in [1.807, 2.05) is 0 Å². The molecule has 0 aromatic heterocycles. The summed E-state index contributed by atoms with van der Waals surface area (Å²) >= 11 is 0. The molecule has 0 bridgehead atoms. The van der Waals surface area contributed by atoms with Gasteiger partial charge in [-0.15, -0.1) is 6.58 Å². The van der Waals surface area contributed by atoms with Gasteiger partial charge in [-0.3, -0.25) is 0 Å². The van der Waals surface area contributed by atoms with Crippen LogP contribution in [0, 0.1) is 11.6 Å². The van der Waals surface area contributed by atoms with Crippen LogP contribution in [0.2, 0.25) is 0 Å². The number of aliphatic hydroxyl groups excluding tert-OH is 2. The van der Waals surface area contributed by atoms with Crippen LogP contribution in [0.25, 0.3) is 0 Å². The molecular formula is C12H15F2NO4S. The van der Waals surface area contributed by atoms with Crippen molar-refractivity contribution in [2.24, 2.45) is 0 Å². The van der Waals surface area contributed by atoms with Crippen molar-refractivity contribution in [1.82, 2.24) is 4.31 Å². The van der Waals surface area contributed by atoms with Crippen molar-refractivity contribution in [3.05, 3.63) is 42.0 Å². The van der Waals surface area contributed by atoms with E-state index in [4.69, 9.17) is 10.2 Å². The van der Waals surface area contributed by atoms with Crippen molar-refractivity contribution in [2.75, 3.05) is 19.7 Å². The molecule has 0 amide bonds. The number of rotatable bonds is 7.